The lowest BCUT2D eigenvalue weighted by molar-refractivity contribution is 0.813. The number of nitrogens with zero attached hydrogens (tertiary/aromatic N) is 2. The van der Waals surface area contributed by atoms with E-state index < -0.39 is 0 Å². The summed E-state index contributed by atoms with van der Waals surface area (Å²) in [6.45, 7) is 5.80. The van der Waals surface area contributed by atoms with Gasteiger partial charge in [-0.15, -0.1) is 0 Å². The quantitative estimate of drug-likeness (QED) is 0.730. The van der Waals surface area contributed by atoms with Gasteiger partial charge in [-0.3, -0.25) is 0 Å². The van der Waals surface area contributed by atoms with Crippen LogP contribution in [0.25, 0.3) is 0 Å². The minimum atomic E-state index is 0.260. The Morgan fingerprint density at radius 3 is 2.42 bits per heavy atom. The van der Waals surface area contributed by atoms with E-state index in [1.807, 2.05) is 13.8 Å². The lowest BCUT2D eigenvalue weighted by atomic mass is 10.1. The number of nitrogen functional groups attached to an aromatic ring is 1. The highest BCUT2D eigenvalue weighted by molar-refractivity contribution is 6.30. The van der Waals surface area contributed by atoms with Crippen molar-refractivity contribution in [3.05, 3.63) is 16.5 Å². The van der Waals surface area contributed by atoms with Crippen molar-refractivity contribution in [2.45, 2.75) is 26.7 Å². The molecule has 4 heteroatoms. The number of aromatic nitrogens is 2. The van der Waals surface area contributed by atoms with Crippen molar-refractivity contribution in [1.82, 2.24) is 9.97 Å². The molecule has 0 saturated carbocycles. The second-order valence-electron chi connectivity index (χ2n) is 3.03. The van der Waals surface area contributed by atoms with Crippen LogP contribution in [-0.2, 0) is 0 Å². The molecule has 0 saturated heterocycles. The van der Waals surface area contributed by atoms with Crippen LogP contribution in [0, 0.1) is 6.92 Å². The van der Waals surface area contributed by atoms with Crippen LogP contribution >= 0.6 is 11.6 Å². The van der Waals surface area contributed by atoms with E-state index >= 15 is 0 Å². The fourth-order valence-corrected chi connectivity index (χ4v) is 1.09. The van der Waals surface area contributed by atoms with Crippen LogP contribution in [0.15, 0.2) is 0 Å². The summed E-state index contributed by atoms with van der Waals surface area (Å²) in [6.07, 6.45) is 0. The highest BCUT2D eigenvalue weighted by Gasteiger charge is 2.09. The highest BCUT2D eigenvalue weighted by atomic mass is 35.5. The van der Waals surface area contributed by atoms with E-state index in [4.69, 9.17) is 17.3 Å². The molecule has 0 aliphatic rings. The van der Waals surface area contributed by atoms with Crippen LogP contribution < -0.4 is 5.73 Å². The number of aryl methyl sites for hydroxylation is 1. The molecule has 0 aliphatic heterocycles. The van der Waals surface area contributed by atoms with E-state index in [9.17, 15) is 0 Å². The van der Waals surface area contributed by atoms with Gasteiger partial charge >= 0.3 is 0 Å². The second-order valence-corrected chi connectivity index (χ2v) is 3.38. The molecule has 0 spiro atoms. The molecular formula is C8H12ClN3. The molecule has 0 fully saturated rings. The Morgan fingerprint density at radius 2 is 1.92 bits per heavy atom. The summed E-state index contributed by atoms with van der Waals surface area (Å²) >= 11 is 5.80. The molecular weight excluding hydrogens is 174 g/mol. The van der Waals surface area contributed by atoms with Crippen molar-refractivity contribution in [1.29, 1.82) is 0 Å². The zero-order chi connectivity index (χ0) is 9.30. The van der Waals surface area contributed by atoms with E-state index in [-0.39, 0.29) is 5.92 Å². The topological polar surface area (TPSA) is 51.8 Å². The summed E-state index contributed by atoms with van der Waals surface area (Å²) in [6, 6.07) is 0. The summed E-state index contributed by atoms with van der Waals surface area (Å²) in [5.74, 6) is 0.738. The average Bonchev–Trinajstić information content (AvgIpc) is 1.96. The van der Waals surface area contributed by atoms with Gasteiger partial charge in [-0.1, -0.05) is 25.4 Å². The first-order valence-electron chi connectivity index (χ1n) is 3.82. The van der Waals surface area contributed by atoms with Crippen molar-refractivity contribution in [2.24, 2.45) is 0 Å². The number of halogens is 1. The minimum absolute atomic E-state index is 0.260. The summed E-state index contributed by atoms with van der Waals surface area (Å²) in [7, 11) is 0. The first kappa shape index (κ1) is 9.26. The maximum absolute atomic E-state index is 5.80. The third kappa shape index (κ3) is 1.67. The van der Waals surface area contributed by atoms with Gasteiger partial charge in [-0.2, -0.15) is 0 Å². The largest absolute Gasteiger partial charge is 0.382 e. The maximum Gasteiger partial charge on any atom is 0.150 e. The van der Waals surface area contributed by atoms with Gasteiger partial charge in [0.2, 0.25) is 0 Å². The number of nitrogens with two attached hydrogens (primary N) is 1. The van der Waals surface area contributed by atoms with Gasteiger partial charge in [-0.25, -0.2) is 9.97 Å². The number of anilines is 1. The van der Waals surface area contributed by atoms with Crippen molar-refractivity contribution in [2.75, 3.05) is 5.73 Å². The number of hydrogen-bond donors (Lipinski definition) is 1. The van der Waals surface area contributed by atoms with Crippen LogP contribution in [0.3, 0.4) is 0 Å². The fourth-order valence-electron chi connectivity index (χ4n) is 0.953. The Hall–Kier alpha value is -0.830. The first-order chi connectivity index (χ1) is 5.52. The lowest BCUT2D eigenvalue weighted by Crippen LogP contribution is -2.04. The smallest absolute Gasteiger partial charge is 0.150 e. The Bertz CT molecular complexity index is 297. The molecule has 0 aliphatic carbocycles. The fraction of sp³-hybridized carbons (Fsp3) is 0.500. The van der Waals surface area contributed by atoms with E-state index in [1.54, 1.807) is 6.92 Å². The van der Waals surface area contributed by atoms with Gasteiger partial charge in [0.25, 0.3) is 0 Å². The lowest BCUT2D eigenvalue weighted by Gasteiger charge is -2.08. The molecule has 3 nitrogen and oxygen atoms in total. The van der Waals surface area contributed by atoms with Gasteiger partial charge < -0.3 is 5.73 Å². The zero-order valence-corrected chi connectivity index (χ0v) is 8.18. The van der Waals surface area contributed by atoms with Crippen LogP contribution in [0.2, 0.25) is 5.15 Å². The Kier molecular flexibility index (Phi) is 2.52. The van der Waals surface area contributed by atoms with Crippen LogP contribution in [0.5, 0.6) is 0 Å². The Balaban J connectivity index is 3.23. The number of rotatable bonds is 1. The van der Waals surface area contributed by atoms with E-state index in [0.29, 0.717) is 16.7 Å². The minimum Gasteiger partial charge on any atom is -0.382 e. The average molecular weight is 186 g/mol. The first-order valence-corrected chi connectivity index (χ1v) is 4.19. The second kappa shape index (κ2) is 3.27. The molecule has 0 amide bonds. The van der Waals surface area contributed by atoms with E-state index in [0.717, 1.165) is 5.69 Å². The number of hydrogen-bond acceptors (Lipinski definition) is 3. The van der Waals surface area contributed by atoms with Crippen LogP contribution in [0.1, 0.15) is 31.2 Å². The molecule has 1 aromatic heterocycles. The SMILES string of the molecule is Cc1nc(N)c(C(C)C)nc1Cl. The van der Waals surface area contributed by atoms with Gasteiger partial charge in [0.1, 0.15) is 5.82 Å². The molecule has 1 aromatic rings. The summed E-state index contributed by atoms with van der Waals surface area (Å²) in [4.78, 5) is 8.23. The van der Waals surface area contributed by atoms with Crippen molar-refractivity contribution in [3.8, 4) is 0 Å². The van der Waals surface area contributed by atoms with Crippen LogP contribution in [-0.4, -0.2) is 9.97 Å². The zero-order valence-electron chi connectivity index (χ0n) is 7.43. The Morgan fingerprint density at radius 1 is 1.33 bits per heavy atom. The molecule has 1 heterocycles. The van der Waals surface area contributed by atoms with E-state index in [1.165, 1.54) is 0 Å². The standard InChI is InChI=1S/C8H12ClN3/c1-4(2)6-8(10)11-5(3)7(9)12-6/h4H,1-3H3,(H2,10,11). The normalized spacial score (nSPS) is 10.8. The predicted molar refractivity (Wildman–Crippen MR) is 50.3 cm³/mol. The predicted octanol–water partition coefficient (Wildman–Crippen LogP) is 2.14. The molecule has 0 radical (unpaired) electrons. The highest BCUT2D eigenvalue weighted by Crippen LogP contribution is 2.21. The molecule has 12 heavy (non-hydrogen) atoms. The maximum atomic E-state index is 5.80. The molecule has 0 unspecified atom stereocenters. The third-order valence-electron chi connectivity index (χ3n) is 1.61. The summed E-state index contributed by atoms with van der Waals surface area (Å²) in [5, 5.41) is 0.438. The molecule has 66 valence electrons. The van der Waals surface area contributed by atoms with Crippen LogP contribution in [0.4, 0.5) is 5.82 Å². The molecule has 1 rings (SSSR count). The summed E-state index contributed by atoms with van der Waals surface area (Å²) < 4.78 is 0. The van der Waals surface area contributed by atoms with Gasteiger partial charge in [0.15, 0.2) is 5.15 Å². The molecule has 0 aromatic carbocycles. The van der Waals surface area contributed by atoms with Crippen molar-refractivity contribution in [3.63, 3.8) is 0 Å². The van der Waals surface area contributed by atoms with Gasteiger partial charge in [-0.05, 0) is 12.8 Å². The molecule has 0 bridgehead atoms. The van der Waals surface area contributed by atoms with Crippen molar-refractivity contribution >= 4 is 17.4 Å². The monoisotopic (exact) mass is 185 g/mol. The molecule has 2 N–H and O–H groups in total. The van der Waals surface area contributed by atoms with Gasteiger partial charge in [0, 0.05) is 0 Å². The Labute approximate surface area is 77.0 Å². The van der Waals surface area contributed by atoms with E-state index in [2.05, 4.69) is 9.97 Å². The molecule has 0 atom stereocenters. The van der Waals surface area contributed by atoms with Crippen molar-refractivity contribution < 1.29 is 0 Å². The third-order valence-corrected chi connectivity index (χ3v) is 1.97. The summed E-state index contributed by atoms with van der Waals surface area (Å²) in [5.41, 5.74) is 7.11. The van der Waals surface area contributed by atoms with Gasteiger partial charge in [0.05, 0.1) is 11.4 Å².